The van der Waals surface area contributed by atoms with Gasteiger partial charge in [0, 0.05) is 6.04 Å². The van der Waals surface area contributed by atoms with Gasteiger partial charge in [-0.3, -0.25) is 9.59 Å². The highest BCUT2D eigenvalue weighted by atomic mass is 16.6. The Balaban J connectivity index is 2.31. The summed E-state index contributed by atoms with van der Waals surface area (Å²) in [5.74, 6) is -0.960. The number of aryl methyl sites for hydroxylation is 1. The van der Waals surface area contributed by atoms with Gasteiger partial charge in [-0.2, -0.15) is 0 Å². The molecule has 2 N–H and O–H groups in total. The number of nitrogens with one attached hydrogen (secondary N) is 2. The van der Waals surface area contributed by atoms with Crippen molar-refractivity contribution in [1.29, 1.82) is 0 Å². The highest BCUT2D eigenvalue weighted by Crippen LogP contribution is 2.14. The first kappa shape index (κ1) is 19.5. The molecule has 0 heterocycles. The van der Waals surface area contributed by atoms with Gasteiger partial charge in [-0.1, -0.05) is 12.1 Å². The Bertz CT molecular complexity index is 586. The van der Waals surface area contributed by atoms with Crippen molar-refractivity contribution in [2.75, 3.05) is 13.2 Å². The van der Waals surface area contributed by atoms with Gasteiger partial charge in [0.1, 0.15) is 5.75 Å². The van der Waals surface area contributed by atoms with E-state index in [0.717, 1.165) is 5.56 Å². The van der Waals surface area contributed by atoms with Crippen molar-refractivity contribution in [1.82, 2.24) is 10.6 Å². The first-order valence-electron chi connectivity index (χ1n) is 7.74. The maximum absolute atomic E-state index is 11.8. The first-order valence-corrected chi connectivity index (χ1v) is 7.74. The smallest absolute Gasteiger partial charge is 0.347 e. The molecular formula is C17H24N2O5. The van der Waals surface area contributed by atoms with Crippen LogP contribution in [-0.2, 0) is 19.1 Å². The zero-order valence-corrected chi connectivity index (χ0v) is 14.4. The van der Waals surface area contributed by atoms with E-state index in [-0.39, 0.29) is 18.5 Å². The van der Waals surface area contributed by atoms with Crippen LogP contribution in [0.3, 0.4) is 0 Å². The molecule has 1 aromatic carbocycles. The first-order chi connectivity index (χ1) is 11.3. The van der Waals surface area contributed by atoms with E-state index in [1.807, 2.05) is 32.9 Å². The average molecular weight is 336 g/mol. The van der Waals surface area contributed by atoms with E-state index >= 15 is 0 Å². The Morgan fingerprint density at radius 3 is 2.46 bits per heavy atom. The van der Waals surface area contributed by atoms with Crippen molar-refractivity contribution in [3.8, 4) is 5.75 Å². The molecule has 0 fully saturated rings. The molecule has 0 aliphatic heterocycles. The number of amides is 2. The SMILES string of the molecule is Cc1cccc(O[C@H](C)C(=O)OCC(=O)NCC(=O)NC(C)C)c1. The van der Waals surface area contributed by atoms with Crippen molar-refractivity contribution in [2.45, 2.75) is 39.8 Å². The Morgan fingerprint density at radius 1 is 1.12 bits per heavy atom. The summed E-state index contributed by atoms with van der Waals surface area (Å²) in [6.45, 7) is 6.46. The second kappa shape index (κ2) is 9.54. The van der Waals surface area contributed by atoms with E-state index in [4.69, 9.17) is 9.47 Å². The number of hydrogen-bond acceptors (Lipinski definition) is 5. The highest BCUT2D eigenvalue weighted by Gasteiger charge is 2.18. The van der Waals surface area contributed by atoms with Gasteiger partial charge in [0.05, 0.1) is 6.54 Å². The molecule has 2 amide bonds. The van der Waals surface area contributed by atoms with Crippen LogP contribution in [0.25, 0.3) is 0 Å². The molecule has 0 aromatic heterocycles. The lowest BCUT2D eigenvalue weighted by Gasteiger charge is -2.14. The second-order valence-corrected chi connectivity index (χ2v) is 5.68. The van der Waals surface area contributed by atoms with E-state index in [2.05, 4.69) is 10.6 Å². The number of esters is 1. The lowest BCUT2D eigenvalue weighted by molar-refractivity contribution is -0.154. The van der Waals surface area contributed by atoms with E-state index in [9.17, 15) is 14.4 Å². The van der Waals surface area contributed by atoms with Gasteiger partial charge < -0.3 is 20.1 Å². The largest absolute Gasteiger partial charge is 0.479 e. The topological polar surface area (TPSA) is 93.7 Å². The summed E-state index contributed by atoms with van der Waals surface area (Å²) in [5, 5.41) is 5.00. The van der Waals surface area contributed by atoms with Gasteiger partial charge in [0.25, 0.3) is 5.91 Å². The summed E-state index contributed by atoms with van der Waals surface area (Å²) < 4.78 is 10.3. The van der Waals surface area contributed by atoms with Crippen molar-refractivity contribution in [3.63, 3.8) is 0 Å². The summed E-state index contributed by atoms with van der Waals surface area (Å²) in [6, 6.07) is 7.25. The van der Waals surface area contributed by atoms with Gasteiger partial charge in [-0.25, -0.2) is 4.79 Å². The highest BCUT2D eigenvalue weighted by molar-refractivity contribution is 5.86. The molecule has 0 unspecified atom stereocenters. The van der Waals surface area contributed by atoms with Gasteiger partial charge in [-0.05, 0) is 45.4 Å². The Labute approximate surface area is 141 Å². The molecule has 1 rings (SSSR count). The third-order valence-corrected chi connectivity index (χ3v) is 2.88. The molecule has 7 heteroatoms. The summed E-state index contributed by atoms with van der Waals surface area (Å²) in [7, 11) is 0. The van der Waals surface area contributed by atoms with Gasteiger partial charge in [0.2, 0.25) is 5.91 Å². The van der Waals surface area contributed by atoms with Crippen molar-refractivity contribution < 1.29 is 23.9 Å². The summed E-state index contributed by atoms with van der Waals surface area (Å²) in [6.07, 6.45) is -0.844. The molecule has 0 radical (unpaired) electrons. The lowest BCUT2D eigenvalue weighted by atomic mass is 10.2. The van der Waals surface area contributed by atoms with Crippen molar-refractivity contribution in [2.24, 2.45) is 0 Å². The number of carbonyl (C=O) groups excluding carboxylic acids is 3. The zero-order valence-electron chi connectivity index (χ0n) is 14.4. The van der Waals surface area contributed by atoms with Gasteiger partial charge in [0.15, 0.2) is 12.7 Å². The molecule has 1 atom stereocenters. The minimum Gasteiger partial charge on any atom is -0.479 e. The fourth-order valence-electron chi connectivity index (χ4n) is 1.80. The normalized spacial score (nSPS) is 11.5. The number of hydrogen-bond donors (Lipinski definition) is 2. The number of carbonyl (C=O) groups is 3. The van der Waals surface area contributed by atoms with Crippen LogP contribution in [0.5, 0.6) is 5.75 Å². The average Bonchev–Trinajstić information content (AvgIpc) is 2.49. The molecule has 132 valence electrons. The fraction of sp³-hybridized carbons (Fsp3) is 0.471. The summed E-state index contributed by atoms with van der Waals surface area (Å²) in [5.41, 5.74) is 1.01. The molecule has 7 nitrogen and oxygen atoms in total. The van der Waals surface area contributed by atoms with Crippen molar-refractivity contribution in [3.05, 3.63) is 29.8 Å². The monoisotopic (exact) mass is 336 g/mol. The van der Waals surface area contributed by atoms with Crippen LogP contribution >= 0.6 is 0 Å². The predicted octanol–water partition coefficient (Wildman–Crippen LogP) is 0.946. The number of rotatable bonds is 8. The van der Waals surface area contributed by atoms with Gasteiger partial charge >= 0.3 is 5.97 Å². The van der Waals surface area contributed by atoms with Crippen LogP contribution < -0.4 is 15.4 Å². The van der Waals surface area contributed by atoms with Crippen LogP contribution in [0, 0.1) is 6.92 Å². The van der Waals surface area contributed by atoms with Crippen LogP contribution in [-0.4, -0.2) is 43.1 Å². The molecule has 0 saturated carbocycles. The third kappa shape index (κ3) is 7.62. The Morgan fingerprint density at radius 2 is 1.83 bits per heavy atom. The van der Waals surface area contributed by atoms with Crippen LogP contribution in [0.4, 0.5) is 0 Å². The molecule has 1 aromatic rings. The minimum atomic E-state index is -0.844. The van der Waals surface area contributed by atoms with E-state index < -0.39 is 24.6 Å². The van der Waals surface area contributed by atoms with Crippen LogP contribution in [0.2, 0.25) is 0 Å². The summed E-state index contributed by atoms with van der Waals surface area (Å²) >= 11 is 0. The standard InChI is InChI=1S/C17H24N2O5/c1-11(2)19-15(20)9-18-16(21)10-23-17(22)13(4)24-14-7-5-6-12(3)8-14/h5-8,11,13H,9-10H2,1-4H3,(H,18,21)(H,19,20)/t13-/m1/s1. The maximum Gasteiger partial charge on any atom is 0.347 e. The van der Waals surface area contributed by atoms with E-state index in [1.165, 1.54) is 0 Å². The number of ether oxygens (including phenoxy) is 2. The van der Waals surface area contributed by atoms with E-state index in [0.29, 0.717) is 5.75 Å². The maximum atomic E-state index is 11.8. The van der Waals surface area contributed by atoms with Crippen LogP contribution in [0.15, 0.2) is 24.3 Å². The van der Waals surface area contributed by atoms with E-state index in [1.54, 1.807) is 19.1 Å². The lowest BCUT2D eigenvalue weighted by Crippen LogP contribution is -2.41. The quantitative estimate of drug-likeness (QED) is 0.689. The predicted molar refractivity (Wildman–Crippen MR) is 88.5 cm³/mol. The molecule has 24 heavy (non-hydrogen) atoms. The third-order valence-electron chi connectivity index (χ3n) is 2.88. The molecule has 0 spiro atoms. The Hall–Kier alpha value is -2.57. The minimum absolute atomic E-state index is 0.00754. The van der Waals surface area contributed by atoms with Gasteiger partial charge in [-0.15, -0.1) is 0 Å². The Kier molecular flexibility index (Phi) is 7.74. The molecule has 0 bridgehead atoms. The summed E-state index contributed by atoms with van der Waals surface area (Å²) in [4.78, 5) is 34.7. The van der Waals surface area contributed by atoms with Crippen LogP contribution in [0.1, 0.15) is 26.3 Å². The van der Waals surface area contributed by atoms with Crippen molar-refractivity contribution >= 4 is 17.8 Å². The fourth-order valence-corrected chi connectivity index (χ4v) is 1.80. The second-order valence-electron chi connectivity index (χ2n) is 5.68. The molecular weight excluding hydrogens is 312 g/mol. The zero-order chi connectivity index (χ0) is 18.1. The molecule has 0 aliphatic rings. The number of benzene rings is 1. The molecule has 0 aliphatic carbocycles. The molecule has 0 saturated heterocycles.